The van der Waals surface area contributed by atoms with E-state index in [4.69, 9.17) is 4.74 Å². The SMILES string of the molecule is CC1Oc2ccccc2N(CC(=O)Nc2ccccc2N2CCc3ccccc32)C1=O. The predicted octanol–water partition coefficient (Wildman–Crippen LogP) is 4.13. The van der Waals surface area contributed by atoms with Gasteiger partial charge in [0, 0.05) is 12.2 Å². The fourth-order valence-corrected chi connectivity index (χ4v) is 4.26. The van der Waals surface area contributed by atoms with E-state index >= 15 is 0 Å². The second-order valence-corrected chi connectivity index (χ2v) is 7.75. The van der Waals surface area contributed by atoms with Crippen LogP contribution in [0.4, 0.5) is 22.7 Å². The van der Waals surface area contributed by atoms with Crippen LogP contribution in [0, 0.1) is 0 Å². The zero-order chi connectivity index (χ0) is 21.4. The zero-order valence-corrected chi connectivity index (χ0v) is 17.2. The smallest absolute Gasteiger partial charge is 0.268 e. The maximum atomic E-state index is 13.0. The summed E-state index contributed by atoms with van der Waals surface area (Å²) < 4.78 is 5.66. The van der Waals surface area contributed by atoms with Crippen molar-refractivity contribution in [3.63, 3.8) is 0 Å². The van der Waals surface area contributed by atoms with E-state index in [2.05, 4.69) is 22.3 Å². The molecule has 6 nitrogen and oxygen atoms in total. The van der Waals surface area contributed by atoms with E-state index in [0.717, 1.165) is 30.0 Å². The predicted molar refractivity (Wildman–Crippen MR) is 121 cm³/mol. The van der Waals surface area contributed by atoms with Gasteiger partial charge in [-0.15, -0.1) is 0 Å². The Labute approximate surface area is 181 Å². The van der Waals surface area contributed by atoms with E-state index in [-0.39, 0.29) is 18.4 Å². The van der Waals surface area contributed by atoms with Gasteiger partial charge in [0.1, 0.15) is 12.3 Å². The fourth-order valence-electron chi connectivity index (χ4n) is 4.26. The molecule has 5 rings (SSSR count). The number of ether oxygens (including phenoxy) is 1. The van der Waals surface area contributed by atoms with Crippen LogP contribution >= 0.6 is 0 Å². The van der Waals surface area contributed by atoms with Crippen molar-refractivity contribution in [2.45, 2.75) is 19.4 Å². The molecule has 2 amide bonds. The number of anilines is 4. The molecule has 2 heterocycles. The summed E-state index contributed by atoms with van der Waals surface area (Å²) in [6.07, 6.45) is 0.339. The van der Waals surface area contributed by atoms with E-state index in [1.807, 2.05) is 54.6 Å². The number of para-hydroxylation sites is 5. The van der Waals surface area contributed by atoms with Crippen molar-refractivity contribution >= 4 is 34.6 Å². The largest absolute Gasteiger partial charge is 0.479 e. The van der Waals surface area contributed by atoms with E-state index < -0.39 is 6.10 Å². The molecular formula is C25H23N3O3. The first-order valence-electron chi connectivity index (χ1n) is 10.4. The van der Waals surface area contributed by atoms with Gasteiger partial charge in [-0.05, 0) is 49.2 Å². The summed E-state index contributed by atoms with van der Waals surface area (Å²) in [4.78, 5) is 29.4. The first kappa shape index (κ1) is 19.2. The molecule has 3 aromatic rings. The lowest BCUT2D eigenvalue weighted by Crippen LogP contribution is -2.47. The van der Waals surface area contributed by atoms with E-state index in [1.165, 1.54) is 10.5 Å². The number of nitrogens with one attached hydrogen (secondary N) is 1. The molecule has 2 aliphatic rings. The molecule has 0 saturated heterocycles. The lowest BCUT2D eigenvalue weighted by Gasteiger charge is -2.32. The molecule has 0 aromatic heterocycles. The number of carbonyl (C=O) groups excluding carboxylic acids is 2. The van der Waals surface area contributed by atoms with Gasteiger partial charge in [-0.2, -0.15) is 0 Å². The number of carbonyl (C=O) groups is 2. The molecule has 1 N–H and O–H groups in total. The average Bonchev–Trinajstić information content (AvgIpc) is 3.21. The second kappa shape index (κ2) is 7.80. The summed E-state index contributed by atoms with van der Waals surface area (Å²) in [6, 6.07) is 23.4. The Morgan fingerprint density at radius 2 is 1.65 bits per heavy atom. The van der Waals surface area contributed by atoms with Gasteiger partial charge in [0.2, 0.25) is 5.91 Å². The normalized spacial score (nSPS) is 17.1. The highest BCUT2D eigenvalue weighted by atomic mass is 16.5. The van der Waals surface area contributed by atoms with Crippen LogP contribution < -0.4 is 19.9 Å². The zero-order valence-electron chi connectivity index (χ0n) is 17.2. The van der Waals surface area contributed by atoms with E-state index in [9.17, 15) is 9.59 Å². The quantitative estimate of drug-likeness (QED) is 0.699. The van der Waals surface area contributed by atoms with Gasteiger partial charge in [0.05, 0.1) is 17.1 Å². The third-order valence-corrected chi connectivity index (χ3v) is 5.73. The van der Waals surface area contributed by atoms with Gasteiger partial charge in [-0.25, -0.2) is 0 Å². The molecule has 0 radical (unpaired) electrons. The Balaban J connectivity index is 1.39. The van der Waals surface area contributed by atoms with Gasteiger partial charge < -0.3 is 15.0 Å². The monoisotopic (exact) mass is 413 g/mol. The van der Waals surface area contributed by atoms with Crippen molar-refractivity contribution < 1.29 is 14.3 Å². The number of rotatable bonds is 4. The van der Waals surface area contributed by atoms with Gasteiger partial charge in [-0.3, -0.25) is 14.5 Å². The Kier molecular flexibility index (Phi) is 4.82. The molecule has 3 aromatic carbocycles. The molecule has 1 unspecified atom stereocenters. The number of nitrogens with zero attached hydrogens (tertiary/aromatic N) is 2. The lowest BCUT2D eigenvalue weighted by atomic mass is 10.1. The number of benzene rings is 3. The van der Waals surface area contributed by atoms with Gasteiger partial charge in [0.25, 0.3) is 5.91 Å². The first-order valence-corrected chi connectivity index (χ1v) is 10.4. The van der Waals surface area contributed by atoms with Crippen LogP contribution in [0.25, 0.3) is 0 Å². The van der Waals surface area contributed by atoms with Crippen molar-refractivity contribution in [2.24, 2.45) is 0 Å². The van der Waals surface area contributed by atoms with Crippen molar-refractivity contribution in [3.8, 4) is 5.75 Å². The number of fused-ring (bicyclic) bond motifs is 2. The second-order valence-electron chi connectivity index (χ2n) is 7.75. The summed E-state index contributed by atoms with van der Waals surface area (Å²) in [7, 11) is 0. The summed E-state index contributed by atoms with van der Waals surface area (Å²) in [5.74, 6) is 0.129. The molecule has 0 bridgehead atoms. The van der Waals surface area contributed by atoms with Crippen molar-refractivity contribution in [1.29, 1.82) is 0 Å². The van der Waals surface area contributed by atoms with Crippen molar-refractivity contribution in [2.75, 3.05) is 28.2 Å². The molecule has 156 valence electrons. The van der Waals surface area contributed by atoms with Crippen LogP contribution in [0.5, 0.6) is 5.75 Å². The van der Waals surface area contributed by atoms with Crippen LogP contribution in [0.1, 0.15) is 12.5 Å². The van der Waals surface area contributed by atoms with Crippen LogP contribution in [0.15, 0.2) is 72.8 Å². The summed E-state index contributed by atoms with van der Waals surface area (Å²) in [5, 5.41) is 3.02. The maximum absolute atomic E-state index is 13.0. The Hall–Kier alpha value is -3.80. The number of hydrogen-bond donors (Lipinski definition) is 1. The molecule has 0 saturated carbocycles. The molecule has 31 heavy (non-hydrogen) atoms. The van der Waals surface area contributed by atoms with E-state index in [1.54, 1.807) is 13.0 Å². The van der Waals surface area contributed by atoms with Crippen LogP contribution in [0.3, 0.4) is 0 Å². The average molecular weight is 413 g/mol. The Morgan fingerprint density at radius 3 is 2.48 bits per heavy atom. The third-order valence-electron chi connectivity index (χ3n) is 5.73. The van der Waals surface area contributed by atoms with E-state index in [0.29, 0.717) is 11.4 Å². The molecule has 1 atom stereocenters. The van der Waals surface area contributed by atoms with Crippen LogP contribution in [-0.2, 0) is 16.0 Å². The summed E-state index contributed by atoms with van der Waals surface area (Å²) in [6.45, 7) is 2.48. The molecular weight excluding hydrogens is 390 g/mol. The Bertz CT molecular complexity index is 1160. The van der Waals surface area contributed by atoms with Crippen molar-refractivity contribution in [1.82, 2.24) is 0 Å². The van der Waals surface area contributed by atoms with Crippen molar-refractivity contribution in [3.05, 3.63) is 78.4 Å². The standard InChI is InChI=1S/C25H23N3O3/c1-17-25(30)28(22-12-6-7-13-23(22)31-17)16-24(29)26-19-9-3-5-11-21(19)27-15-14-18-8-2-4-10-20(18)27/h2-13,17H,14-16H2,1H3,(H,26,29). The highest BCUT2D eigenvalue weighted by molar-refractivity contribution is 6.07. The Morgan fingerprint density at radius 1 is 0.968 bits per heavy atom. The third kappa shape index (κ3) is 3.50. The minimum atomic E-state index is -0.629. The molecule has 6 heteroatoms. The minimum Gasteiger partial charge on any atom is -0.479 e. The summed E-state index contributed by atoms with van der Waals surface area (Å²) >= 11 is 0. The minimum absolute atomic E-state index is 0.0749. The lowest BCUT2D eigenvalue weighted by molar-refractivity contribution is -0.127. The number of hydrogen-bond acceptors (Lipinski definition) is 4. The molecule has 0 spiro atoms. The molecule has 0 fully saturated rings. The topological polar surface area (TPSA) is 61.9 Å². The summed E-state index contributed by atoms with van der Waals surface area (Å²) in [5.41, 5.74) is 4.75. The van der Waals surface area contributed by atoms with Crippen LogP contribution in [-0.4, -0.2) is 31.0 Å². The fraction of sp³-hybridized carbons (Fsp3) is 0.200. The van der Waals surface area contributed by atoms with Crippen LogP contribution in [0.2, 0.25) is 0 Å². The maximum Gasteiger partial charge on any atom is 0.268 e. The highest BCUT2D eigenvalue weighted by Gasteiger charge is 2.32. The molecule has 2 aliphatic heterocycles. The van der Waals surface area contributed by atoms with Gasteiger partial charge >= 0.3 is 0 Å². The highest BCUT2D eigenvalue weighted by Crippen LogP contribution is 2.38. The van der Waals surface area contributed by atoms with Gasteiger partial charge in [0.15, 0.2) is 6.10 Å². The first-order chi connectivity index (χ1) is 15.1. The van der Waals surface area contributed by atoms with Gasteiger partial charge in [-0.1, -0.05) is 42.5 Å². The molecule has 0 aliphatic carbocycles. The number of amides is 2.